The molecule has 0 radical (unpaired) electrons. The highest BCUT2D eigenvalue weighted by Crippen LogP contribution is 2.37. The Balaban J connectivity index is 2.29. The molecule has 0 spiro atoms. The van der Waals surface area contributed by atoms with Gasteiger partial charge in [-0.25, -0.2) is 0 Å². The van der Waals surface area contributed by atoms with Crippen molar-refractivity contribution in [3.05, 3.63) is 0 Å². The van der Waals surface area contributed by atoms with E-state index in [1.807, 2.05) is 6.92 Å². The van der Waals surface area contributed by atoms with Crippen LogP contribution in [0, 0.1) is 11.8 Å². The van der Waals surface area contributed by atoms with E-state index >= 15 is 0 Å². The van der Waals surface area contributed by atoms with Gasteiger partial charge in [0.25, 0.3) is 0 Å². The Hall–Kier alpha value is -1.63. The molecular weight excluding hydrogens is 264 g/mol. The minimum Gasteiger partial charge on any atom is -0.480 e. The molecule has 7 nitrogen and oxygen atoms in total. The van der Waals surface area contributed by atoms with Crippen molar-refractivity contribution >= 4 is 17.8 Å². The Labute approximate surface area is 118 Å². The summed E-state index contributed by atoms with van der Waals surface area (Å²) in [7, 11) is 1.49. The van der Waals surface area contributed by atoms with Crippen LogP contribution >= 0.6 is 0 Å². The molecule has 2 unspecified atom stereocenters. The van der Waals surface area contributed by atoms with Crippen LogP contribution in [-0.2, 0) is 19.1 Å². The van der Waals surface area contributed by atoms with Crippen LogP contribution in [-0.4, -0.2) is 61.1 Å². The van der Waals surface area contributed by atoms with Crippen LogP contribution in [0.1, 0.15) is 19.8 Å². The van der Waals surface area contributed by atoms with E-state index in [1.54, 1.807) is 0 Å². The van der Waals surface area contributed by atoms with E-state index in [9.17, 15) is 14.4 Å². The number of nitrogens with zero attached hydrogens (tertiary/aromatic N) is 1. The van der Waals surface area contributed by atoms with Crippen molar-refractivity contribution in [1.82, 2.24) is 10.2 Å². The third kappa shape index (κ3) is 5.56. The SMILES string of the molecule is COCCN(CC(=O)O)C(=O)CCNC(=O)C1CC1C. The zero-order valence-electron chi connectivity index (χ0n) is 11.9. The summed E-state index contributed by atoms with van der Waals surface area (Å²) < 4.78 is 4.84. The van der Waals surface area contributed by atoms with Crippen molar-refractivity contribution in [2.45, 2.75) is 19.8 Å². The monoisotopic (exact) mass is 286 g/mol. The molecule has 0 aliphatic heterocycles. The first kappa shape index (κ1) is 16.4. The maximum absolute atomic E-state index is 11.9. The van der Waals surface area contributed by atoms with E-state index in [0.717, 1.165) is 6.42 Å². The lowest BCUT2D eigenvalue weighted by Crippen LogP contribution is -2.39. The maximum Gasteiger partial charge on any atom is 0.323 e. The summed E-state index contributed by atoms with van der Waals surface area (Å²) in [6.45, 7) is 2.41. The zero-order valence-corrected chi connectivity index (χ0v) is 11.9. The van der Waals surface area contributed by atoms with E-state index in [2.05, 4.69) is 5.32 Å². The molecule has 2 amide bonds. The first-order valence-corrected chi connectivity index (χ1v) is 6.72. The van der Waals surface area contributed by atoms with Gasteiger partial charge < -0.3 is 20.1 Å². The molecule has 20 heavy (non-hydrogen) atoms. The number of carboxylic acids is 1. The van der Waals surface area contributed by atoms with Gasteiger partial charge >= 0.3 is 5.97 Å². The number of carboxylic acid groups (broad SMARTS) is 1. The highest BCUT2D eigenvalue weighted by molar-refractivity contribution is 5.83. The molecule has 7 heteroatoms. The third-order valence-corrected chi connectivity index (χ3v) is 3.33. The van der Waals surface area contributed by atoms with Crippen LogP contribution in [0.5, 0.6) is 0 Å². The number of ether oxygens (including phenoxy) is 1. The number of nitrogens with one attached hydrogen (secondary N) is 1. The minimum atomic E-state index is -1.06. The van der Waals surface area contributed by atoms with Gasteiger partial charge in [-0.05, 0) is 12.3 Å². The molecule has 0 bridgehead atoms. The van der Waals surface area contributed by atoms with Crippen LogP contribution in [0.15, 0.2) is 0 Å². The number of hydrogen-bond donors (Lipinski definition) is 2. The van der Waals surface area contributed by atoms with Gasteiger partial charge in [0.1, 0.15) is 6.54 Å². The van der Waals surface area contributed by atoms with Gasteiger partial charge in [0.15, 0.2) is 0 Å². The standard InChI is InChI=1S/C13H22N2O5/c1-9-7-10(9)13(19)14-4-3-11(16)15(5-6-20-2)8-12(17)18/h9-10H,3-8H2,1-2H3,(H,14,19)(H,17,18). The predicted molar refractivity (Wildman–Crippen MR) is 71.0 cm³/mol. The van der Waals surface area contributed by atoms with Crippen LogP contribution in [0.25, 0.3) is 0 Å². The summed E-state index contributed by atoms with van der Waals surface area (Å²) in [5, 5.41) is 11.5. The van der Waals surface area contributed by atoms with Gasteiger partial charge in [-0.15, -0.1) is 0 Å². The first-order valence-electron chi connectivity index (χ1n) is 6.72. The average molecular weight is 286 g/mol. The number of carbonyl (C=O) groups excluding carboxylic acids is 2. The van der Waals surface area contributed by atoms with Crippen LogP contribution in [0.4, 0.5) is 0 Å². The normalized spacial score (nSPS) is 20.3. The van der Waals surface area contributed by atoms with Gasteiger partial charge in [-0.1, -0.05) is 6.92 Å². The van der Waals surface area contributed by atoms with Gasteiger partial charge in [0.05, 0.1) is 6.61 Å². The Morgan fingerprint density at radius 3 is 2.55 bits per heavy atom. The fraction of sp³-hybridized carbons (Fsp3) is 0.769. The smallest absolute Gasteiger partial charge is 0.323 e. The molecule has 0 aromatic rings. The number of rotatable bonds is 9. The van der Waals surface area contributed by atoms with Gasteiger partial charge in [0, 0.05) is 32.5 Å². The maximum atomic E-state index is 11.9. The summed E-state index contributed by atoms with van der Waals surface area (Å²) in [5.74, 6) is -0.879. The summed E-state index contributed by atoms with van der Waals surface area (Å²) in [4.78, 5) is 35.3. The zero-order chi connectivity index (χ0) is 15.1. The molecule has 2 N–H and O–H groups in total. The molecule has 0 aromatic heterocycles. The molecule has 1 saturated carbocycles. The lowest BCUT2D eigenvalue weighted by atomic mass is 10.3. The topological polar surface area (TPSA) is 95.9 Å². The van der Waals surface area contributed by atoms with Crippen molar-refractivity contribution < 1.29 is 24.2 Å². The Morgan fingerprint density at radius 1 is 1.40 bits per heavy atom. The second-order valence-electron chi connectivity index (χ2n) is 5.06. The summed E-state index contributed by atoms with van der Waals surface area (Å²) in [6.07, 6.45) is 1.00. The van der Waals surface area contributed by atoms with Crippen molar-refractivity contribution in [2.75, 3.05) is 33.4 Å². The van der Waals surface area contributed by atoms with E-state index in [-0.39, 0.29) is 50.4 Å². The van der Waals surface area contributed by atoms with E-state index < -0.39 is 5.97 Å². The Bertz CT molecular complexity index is 372. The predicted octanol–water partition coefficient (Wildman–Crippen LogP) is -0.292. The fourth-order valence-corrected chi connectivity index (χ4v) is 1.93. The Morgan fingerprint density at radius 2 is 2.05 bits per heavy atom. The van der Waals surface area contributed by atoms with Crippen molar-refractivity contribution in [3.8, 4) is 0 Å². The molecular formula is C13H22N2O5. The van der Waals surface area contributed by atoms with Gasteiger partial charge in [-0.3, -0.25) is 14.4 Å². The highest BCUT2D eigenvalue weighted by Gasteiger charge is 2.38. The molecule has 2 atom stereocenters. The lowest BCUT2D eigenvalue weighted by Gasteiger charge is -2.20. The number of amides is 2. The van der Waals surface area contributed by atoms with E-state index in [0.29, 0.717) is 5.92 Å². The quantitative estimate of drug-likeness (QED) is 0.607. The largest absolute Gasteiger partial charge is 0.480 e. The van der Waals surface area contributed by atoms with Gasteiger partial charge in [0.2, 0.25) is 11.8 Å². The Kier molecular flexibility index (Phi) is 6.44. The van der Waals surface area contributed by atoms with Crippen LogP contribution in [0.2, 0.25) is 0 Å². The van der Waals surface area contributed by atoms with Crippen molar-refractivity contribution in [1.29, 1.82) is 0 Å². The highest BCUT2D eigenvalue weighted by atomic mass is 16.5. The molecule has 1 fully saturated rings. The molecule has 1 aliphatic rings. The molecule has 1 rings (SSSR count). The van der Waals surface area contributed by atoms with Crippen molar-refractivity contribution in [3.63, 3.8) is 0 Å². The van der Waals surface area contributed by atoms with Crippen molar-refractivity contribution in [2.24, 2.45) is 11.8 Å². The number of hydrogen-bond acceptors (Lipinski definition) is 4. The lowest BCUT2D eigenvalue weighted by molar-refractivity contribution is -0.145. The third-order valence-electron chi connectivity index (χ3n) is 3.33. The van der Waals surface area contributed by atoms with Crippen LogP contribution < -0.4 is 5.32 Å². The fourth-order valence-electron chi connectivity index (χ4n) is 1.93. The average Bonchev–Trinajstić information content (AvgIpc) is 3.11. The molecule has 0 heterocycles. The van der Waals surface area contributed by atoms with E-state index in [1.165, 1.54) is 12.0 Å². The number of methoxy groups -OCH3 is 1. The van der Waals surface area contributed by atoms with Crippen LogP contribution in [0.3, 0.4) is 0 Å². The second-order valence-corrected chi connectivity index (χ2v) is 5.06. The molecule has 0 saturated heterocycles. The number of carbonyl (C=O) groups is 3. The molecule has 0 aromatic carbocycles. The molecule has 114 valence electrons. The summed E-state index contributed by atoms with van der Waals surface area (Å²) >= 11 is 0. The summed E-state index contributed by atoms with van der Waals surface area (Å²) in [5.41, 5.74) is 0. The summed E-state index contributed by atoms with van der Waals surface area (Å²) in [6, 6.07) is 0. The minimum absolute atomic E-state index is 0.0213. The van der Waals surface area contributed by atoms with Gasteiger partial charge in [-0.2, -0.15) is 0 Å². The first-order chi connectivity index (χ1) is 9.45. The molecule has 1 aliphatic carbocycles. The van der Waals surface area contributed by atoms with E-state index in [4.69, 9.17) is 9.84 Å². The number of aliphatic carboxylic acids is 1. The second kappa shape index (κ2) is 7.84.